The molecule has 2 aliphatic rings. The summed E-state index contributed by atoms with van der Waals surface area (Å²) in [4.78, 5) is 12.2. The van der Waals surface area contributed by atoms with Gasteiger partial charge in [0.25, 0.3) is 6.09 Å². The summed E-state index contributed by atoms with van der Waals surface area (Å²) in [7, 11) is 0. The van der Waals surface area contributed by atoms with Gasteiger partial charge >= 0.3 is 0 Å². The van der Waals surface area contributed by atoms with Crippen molar-refractivity contribution in [3.8, 4) is 0 Å². The zero-order chi connectivity index (χ0) is 14.1. The van der Waals surface area contributed by atoms with Crippen molar-refractivity contribution in [1.82, 2.24) is 20.9 Å². The first kappa shape index (κ1) is 12.6. The Balaban J connectivity index is 1.79. The first-order valence-corrected chi connectivity index (χ1v) is 6.33. The van der Waals surface area contributed by atoms with Crippen LogP contribution in [0.2, 0.25) is 0 Å². The molecule has 3 heterocycles. The Bertz CT molecular complexity index is 634. The number of hydrogen-bond acceptors (Lipinski definition) is 6. The fraction of sp³-hybridized carbons (Fsp3) is 0.308. The van der Waals surface area contributed by atoms with E-state index in [1.807, 2.05) is 26.1 Å². The minimum atomic E-state index is -0.627. The zero-order valence-corrected chi connectivity index (χ0v) is 11.2. The lowest BCUT2D eigenvalue weighted by atomic mass is 10.1. The lowest BCUT2D eigenvalue weighted by molar-refractivity contribution is 0.579. The highest BCUT2D eigenvalue weighted by molar-refractivity contribution is 5.78. The third-order valence-electron chi connectivity index (χ3n) is 3.24. The molecule has 2 aliphatic heterocycles. The highest BCUT2D eigenvalue weighted by Gasteiger charge is 2.26. The number of aliphatic imine (C=N–C) groups is 2. The molecule has 0 amide bonds. The van der Waals surface area contributed by atoms with Crippen LogP contribution < -0.4 is 16.0 Å². The molecule has 6 nitrogen and oxygen atoms in total. The third kappa shape index (κ3) is 2.34. The van der Waals surface area contributed by atoms with Crippen LogP contribution in [0.3, 0.4) is 0 Å². The molecule has 104 valence electrons. The number of hydrogen-bond donors (Lipinski definition) is 3. The van der Waals surface area contributed by atoms with Gasteiger partial charge in [0.2, 0.25) is 0 Å². The van der Waals surface area contributed by atoms with Crippen molar-refractivity contribution in [3.05, 3.63) is 40.6 Å². The maximum absolute atomic E-state index is 13.4. The van der Waals surface area contributed by atoms with Gasteiger partial charge in [-0.25, -0.2) is 4.99 Å². The largest absolute Gasteiger partial charge is 0.364 e. The number of fused-ring (bicyclic) bond motifs is 1. The summed E-state index contributed by atoms with van der Waals surface area (Å²) in [5, 5.41) is 8.58. The molecule has 0 spiro atoms. The summed E-state index contributed by atoms with van der Waals surface area (Å²) in [6.45, 7) is 4.50. The third-order valence-corrected chi connectivity index (χ3v) is 3.24. The predicted octanol–water partition coefficient (Wildman–Crippen LogP) is 0.843. The van der Waals surface area contributed by atoms with E-state index in [-0.39, 0.29) is 6.17 Å². The van der Waals surface area contributed by atoms with Gasteiger partial charge < -0.3 is 16.0 Å². The van der Waals surface area contributed by atoms with Crippen LogP contribution in [0.1, 0.15) is 16.8 Å². The van der Waals surface area contributed by atoms with E-state index < -0.39 is 6.09 Å². The molecule has 1 atom stereocenters. The molecule has 1 unspecified atom stereocenters. The number of aromatic nitrogens is 1. The van der Waals surface area contributed by atoms with Gasteiger partial charge in [0.1, 0.15) is 11.9 Å². The van der Waals surface area contributed by atoms with Gasteiger partial charge in [0.15, 0.2) is 5.82 Å². The van der Waals surface area contributed by atoms with E-state index >= 15 is 0 Å². The van der Waals surface area contributed by atoms with Crippen LogP contribution in [0.5, 0.6) is 0 Å². The second kappa shape index (κ2) is 4.92. The molecular formula is C13H15FN6. The van der Waals surface area contributed by atoms with E-state index in [1.54, 1.807) is 0 Å². The molecule has 0 saturated carbocycles. The van der Waals surface area contributed by atoms with Gasteiger partial charge in [-0.1, -0.05) is 0 Å². The predicted molar refractivity (Wildman–Crippen MR) is 74.7 cm³/mol. The van der Waals surface area contributed by atoms with Crippen LogP contribution >= 0.6 is 0 Å². The summed E-state index contributed by atoms with van der Waals surface area (Å²) >= 11 is 0. The van der Waals surface area contributed by atoms with Gasteiger partial charge in [-0.2, -0.15) is 9.38 Å². The van der Waals surface area contributed by atoms with Gasteiger partial charge in [-0.15, -0.1) is 0 Å². The van der Waals surface area contributed by atoms with Gasteiger partial charge in [0.05, 0.1) is 6.34 Å². The van der Waals surface area contributed by atoms with E-state index in [1.165, 1.54) is 6.34 Å². The molecule has 0 bridgehead atoms. The quantitative estimate of drug-likeness (QED) is 0.714. The van der Waals surface area contributed by atoms with Crippen molar-refractivity contribution in [3.63, 3.8) is 0 Å². The lowest BCUT2D eigenvalue weighted by Gasteiger charge is -2.20. The van der Waals surface area contributed by atoms with E-state index in [2.05, 4.69) is 30.9 Å². The summed E-state index contributed by atoms with van der Waals surface area (Å²) in [5.41, 5.74) is 3.82. The van der Waals surface area contributed by atoms with Crippen molar-refractivity contribution in [2.24, 2.45) is 9.98 Å². The lowest BCUT2D eigenvalue weighted by Crippen LogP contribution is -2.45. The molecule has 0 aliphatic carbocycles. The molecule has 3 rings (SSSR count). The molecule has 0 aromatic carbocycles. The maximum atomic E-state index is 13.4. The minimum absolute atomic E-state index is 0.354. The smallest absolute Gasteiger partial charge is 0.286 e. The zero-order valence-electron chi connectivity index (χ0n) is 11.2. The van der Waals surface area contributed by atoms with Crippen LogP contribution in [-0.4, -0.2) is 23.6 Å². The highest BCUT2D eigenvalue weighted by Crippen LogP contribution is 2.17. The van der Waals surface area contributed by atoms with Crippen molar-refractivity contribution < 1.29 is 4.39 Å². The minimum Gasteiger partial charge on any atom is -0.364 e. The van der Waals surface area contributed by atoms with Gasteiger partial charge in [-0.05, 0) is 31.0 Å². The molecule has 20 heavy (non-hydrogen) atoms. The number of nitrogens with one attached hydrogen (secondary N) is 3. The Kier molecular flexibility index (Phi) is 3.09. The molecule has 1 aromatic rings. The standard InChI is InChI=1S/C13H15FN6/c1-7-3-8(2)15-4-9(7)5-16-11-10-12(18-6-17-10)20-13(14)19-11/h3-4,6,12,16H,5H2,1-2H3,(H,17,18)(H,19,20). The maximum Gasteiger partial charge on any atom is 0.286 e. The second-order valence-corrected chi connectivity index (χ2v) is 4.74. The molecule has 0 saturated heterocycles. The SMILES string of the molecule is Cc1cc(C)c(CNC2=C3N=CNC3NC(F)=N2)cn1. The van der Waals surface area contributed by atoms with Gasteiger partial charge in [-0.3, -0.25) is 4.98 Å². The fourth-order valence-electron chi connectivity index (χ4n) is 2.17. The topological polar surface area (TPSA) is 73.7 Å². The summed E-state index contributed by atoms with van der Waals surface area (Å²) in [6, 6.07) is 2.01. The Hall–Kier alpha value is -2.44. The number of amidine groups is 1. The van der Waals surface area contributed by atoms with Crippen LogP contribution in [0, 0.1) is 13.8 Å². The van der Waals surface area contributed by atoms with Gasteiger partial charge in [0, 0.05) is 18.4 Å². The molecule has 3 N–H and O–H groups in total. The molecule has 7 heteroatoms. The summed E-state index contributed by atoms with van der Waals surface area (Å²) in [6.07, 6.45) is 2.37. The average Bonchev–Trinajstić information content (AvgIpc) is 2.85. The molecule has 0 fully saturated rings. The van der Waals surface area contributed by atoms with Crippen molar-refractivity contribution >= 4 is 12.4 Å². The number of pyridine rings is 1. The van der Waals surface area contributed by atoms with E-state index in [9.17, 15) is 4.39 Å². The monoisotopic (exact) mass is 274 g/mol. The van der Waals surface area contributed by atoms with E-state index in [0.29, 0.717) is 18.1 Å². The Morgan fingerprint density at radius 2 is 2.25 bits per heavy atom. The first-order valence-electron chi connectivity index (χ1n) is 6.33. The molecule has 1 aromatic heterocycles. The first-order chi connectivity index (χ1) is 9.63. The average molecular weight is 274 g/mol. The Morgan fingerprint density at radius 3 is 3.05 bits per heavy atom. The van der Waals surface area contributed by atoms with Crippen LogP contribution in [0.4, 0.5) is 4.39 Å². The number of rotatable bonds is 3. The number of halogens is 1. The Labute approximate surface area is 115 Å². The highest BCUT2D eigenvalue weighted by atomic mass is 19.1. The fourth-order valence-corrected chi connectivity index (χ4v) is 2.17. The van der Waals surface area contributed by atoms with Crippen molar-refractivity contribution in [2.75, 3.05) is 0 Å². The Morgan fingerprint density at radius 1 is 1.40 bits per heavy atom. The molecule has 0 radical (unpaired) electrons. The summed E-state index contributed by atoms with van der Waals surface area (Å²) < 4.78 is 13.4. The normalized spacial score (nSPS) is 20.1. The number of aryl methyl sites for hydroxylation is 2. The van der Waals surface area contributed by atoms with E-state index in [0.717, 1.165) is 16.8 Å². The molecular weight excluding hydrogens is 259 g/mol. The second-order valence-electron chi connectivity index (χ2n) is 4.74. The van der Waals surface area contributed by atoms with E-state index in [4.69, 9.17) is 0 Å². The van der Waals surface area contributed by atoms with Crippen LogP contribution in [0.25, 0.3) is 0 Å². The summed E-state index contributed by atoms with van der Waals surface area (Å²) in [5.74, 6) is 0.437. The van der Waals surface area contributed by atoms with Crippen LogP contribution in [-0.2, 0) is 6.54 Å². The van der Waals surface area contributed by atoms with Crippen molar-refractivity contribution in [2.45, 2.75) is 26.6 Å². The van der Waals surface area contributed by atoms with Crippen LogP contribution in [0.15, 0.2) is 33.8 Å². The van der Waals surface area contributed by atoms with Crippen molar-refractivity contribution in [1.29, 1.82) is 0 Å². The number of nitrogens with zero attached hydrogens (tertiary/aromatic N) is 3.